The van der Waals surface area contributed by atoms with Crippen LogP contribution in [0.2, 0.25) is 0 Å². The van der Waals surface area contributed by atoms with Crippen molar-refractivity contribution in [3.8, 4) is 0 Å². The maximum absolute atomic E-state index is 4.42. The van der Waals surface area contributed by atoms with Crippen LogP contribution in [0.25, 0.3) is 0 Å². The maximum atomic E-state index is 4.42. The third kappa shape index (κ3) is 4.67. The molecule has 0 atom stereocenters. The number of hydrogen-bond acceptors (Lipinski definition) is 4. The average Bonchev–Trinajstić information content (AvgIpc) is 2.96. The molecule has 22 heavy (non-hydrogen) atoms. The summed E-state index contributed by atoms with van der Waals surface area (Å²) in [7, 11) is 3.73. The van der Waals surface area contributed by atoms with Crippen molar-refractivity contribution in [1.82, 2.24) is 25.4 Å². The summed E-state index contributed by atoms with van der Waals surface area (Å²) >= 11 is 1.69. The van der Waals surface area contributed by atoms with E-state index in [2.05, 4.69) is 39.6 Å². The van der Waals surface area contributed by atoms with E-state index in [4.69, 9.17) is 0 Å². The summed E-state index contributed by atoms with van der Waals surface area (Å²) in [5, 5.41) is 12.1. The van der Waals surface area contributed by atoms with Crippen molar-refractivity contribution >= 4 is 41.3 Å². The van der Waals surface area contributed by atoms with Crippen molar-refractivity contribution in [3.05, 3.63) is 33.0 Å². The minimum Gasteiger partial charge on any atom is -0.352 e. The lowest BCUT2D eigenvalue weighted by Crippen LogP contribution is -2.36. The Morgan fingerprint density at radius 2 is 1.95 bits per heavy atom. The van der Waals surface area contributed by atoms with E-state index >= 15 is 0 Å². The molecule has 2 aromatic rings. The first-order valence-electron chi connectivity index (χ1n) is 6.86. The zero-order valence-electron chi connectivity index (χ0n) is 13.6. The fourth-order valence-corrected chi connectivity index (χ4v) is 2.84. The SMILES string of the molecule is CN=C(NCc1ncc(C)s1)NCc1c(C)nn(C)c1C.I. The monoisotopic (exact) mass is 434 g/mol. The van der Waals surface area contributed by atoms with Crippen molar-refractivity contribution in [3.63, 3.8) is 0 Å². The Bertz CT molecular complexity index is 646. The molecule has 0 aromatic carbocycles. The summed E-state index contributed by atoms with van der Waals surface area (Å²) in [6, 6.07) is 0. The maximum Gasteiger partial charge on any atom is 0.191 e. The molecule has 2 heterocycles. The molecule has 0 aliphatic carbocycles. The predicted octanol–water partition coefficient (Wildman–Crippen LogP) is 2.29. The molecule has 0 saturated carbocycles. The van der Waals surface area contributed by atoms with Crippen molar-refractivity contribution in [2.45, 2.75) is 33.9 Å². The Morgan fingerprint density at radius 1 is 1.27 bits per heavy atom. The Balaban J connectivity index is 0.00000242. The van der Waals surface area contributed by atoms with Crippen LogP contribution in [-0.2, 0) is 20.1 Å². The lowest BCUT2D eigenvalue weighted by molar-refractivity contribution is 0.728. The lowest BCUT2D eigenvalue weighted by atomic mass is 10.2. The molecular formula is C14H23IN6S. The van der Waals surface area contributed by atoms with E-state index in [1.807, 2.05) is 24.9 Å². The molecule has 0 spiro atoms. The highest BCUT2D eigenvalue weighted by molar-refractivity contribution is 14.0. The third-order valence-electron chi connectivity index (χ3n) is 3.39. The molecule has 0 saturated heterocycles. The van der Waals surface area contributed by atoms with E-state index in [1.165, 1.54) is 16.1 Å². The molecule has 0 amide bonds. The quantitative estimate of drug-likeness (QED) is 0.440. The van der Waals surface area contributed by atoms with Gasteiger partial charge in [0.1, 0.15) is 5.01 Å². The number of nitrogens with one attached hydrogen (secondary N) is 2. The highest BCUT2D eigenvalue weighted by Crippen LogP contribution is 2.12. The molecule has 8 heteroatoms. The van der Waals surface area contributed by atoms with Gasteiger partial charge in [-0.15, -0.1) is 35.3 Å². The minimum absolute atomic E-state index is 0. The molecule has 0 aliphatic heterocycles. The van der Waals surface area contributed by atoms with Crippen molar-refractivity contribution in [2.24, 2.45) is 12.0 Å². The van der Waals surface area contributed by atoms with Gasteiger partial charge in [0.05, 0.1) is 12.2 Å². The fraction of sp³-hybridized carbons (Fsp3) is 0.500. The minimum atomic E-state index is 0. The van der Waals surface area contributed by atoms with Crippen LogP contribution in [0.4, 0.5) is 0 Å². The summed E-state index contributed by atoms with van der Waals surface area (Å²) in [6.45, 7) is 7.55. The normalized spacial score (nSPS) is 11.2. The number of aryl methyl sites for hydroxylation is 3. The molecule has 0 radical (unpaired) electrons. The average molecular weight is 434 g/mol. The number of aromatic nitrogens is 3. The predicted molar refractivity (Wildman–Crippen MR) is 102 cm³/mol. The summed E-state index contributed by atoms with van der Waals surface area (Å²) < 4.78 is 1.90. The molecule has 0 unspecified atom stereocenters. The van der Waals surface area contributed by atoms with Gasteiger partial charge in [0, 0.05) is 43.0 Å². The van der Waals surface area contributed by atoms with E-state index in [9.17, 15) is 0 Å². The molecular weight excluding hydrogens is 411 g/mol. The fourth-order valence-electron chi connectivity index (χ4n) is 2.11. The van der Waals surface area contributed by atoms with Crippen molar-refractivity contribution < 1.29 is 0 Å². The summed E-state index contributed by atoms with van der Waals surface area (Å²) in [4.78, 5) is 9.79. The van der Waals surface area contributed by atoms with Gasteiger partial charge in [-0.25, -0.2) is 4.98 Å². The van der Waals surface area contributed by atoms with Crippen LogP contribution in [0.1, 0.15) is 26.8 Å². The van der Waals surface area contributed by atoms with Crippen LogP contribution in [0.3, 0.4) is 0 Å². The molecule has 0 bridgehead atoms. The number of nitrogens with zero attached hydrogens (tertiary/aromatic N) is 4. The highest BCUT2D eigenvalue weighted by atomic mass is 127. The number of halogens is 1. The molecule has 122 valence electrons. The zero-order chi connectivity index (χ0) is 15.4. The Labute approximate surface area is 152 Å². The van der Waals surface area contributed by atoms with Gasteiger partial charge in [-0.3, -0.25) is 9.67 Å². The van der Waals surface area contributed by atoms with Gasteiger partial charge in [-0.1, -0.05) is 0 Å². The second kappa shape index (κ2) is 8.47. The molecule has 0 aliphatic rings. The molecule has 2 N–H and O–H groups in total. The van der Waals surface area contributed by atoms with Crippen LogP contribution in [0.5, 0.6) is 0 Å². The smallest absolute Gasteiger partial charge is 0.191 e. The zero-order valence-corrected chi connectivity index (χ0v) is 16.7. The van der Waals surface area contributed by atoms with Gasteiger partial charge in [-0.05, 0) is 20.8 Å². The highest BCUT2D eigenvalue weighted by Gasteiger charge is 2.09. The van der Waals surface area contributed by atoms with E-state index < -0.39 is 0 Å². The van der Waals surface area contributed by atoms with E-state index in [1.54, 1.807) is 18.4 Å². The second-order valence-corrected chi connectivity index (χ2v) is 6.24. The molecule has 2 rings (SSSR count). The number of aliphatic imine (C=N–C) groups is 1. The van der Waals surface area contributed by atoms with Gasteiger partial charge in [-0.2, -0.15) is 5.10 Å². The standard InChI is InChI=1S/C14H22N6S.HI/c1-9-6-16-13(21-9)8-18-14(15-4)17-7-12-10(2)19-20(5)11(12)3;/h6H,7-8H2,1-5H3,(H2,15,17,18);1H. The van der Waals surface area contributed by atoms with Gasteiger partial charge in [0.15, 0.2) is 5.96 Å². The van der Waals surface area contributed by atoms with Crippen LogP contribution < -0.4 is 10.6 Å². The van der Waals surface area contributed by atoms with E-state index in [0.717, 1.165) is 16.7 Å². The second-order valence-electron chi connectivity index (χ2n) is 4.92. The number of rotatable bonds is 4. The first-order chi connectivity index (χ1) is 10.0. The first-order valence-corrected chi connectivity index (χ1v) is 7.67. The summed E-state index contributed by atoms with van der Waals surface area (Å²) in [6.07, 6.45) is 1.89. The topological polar surface area (TPSA) is 67.1 Å². The Hall–Kier alpha value is -1.16. The molecule has 2 aromatic heterocycles. The lowest BCUT2D eigenvalue weighted by Gasteiger charge is -2.11. The van der Waals surface area contributed by atoms with Gasteiger partial charge in [0.2, 0.25) is 0 Å². The third-order valence-corrected chi connectivity index (χ3v) is 4.30. The van der Waals surface area contributed by atoms with Gasteiger partial charge >= 0.3 is 0 Å². The van der Waals surface area contributed by atoms with Crippen LogP contribution in [0.15, 0.2) is 11.2 Å². The summed E-state index contributed by atoms with van der Waals surface area (Å²) in [5.74, 6) is 0.769. The number of hydrogen-bond donors (Lipinski definition) is 2. The van der Waals surface area contributed by atoms with Crippen molar-refractivity contribution in [2.75, 3.05) is 7.05 Å². The van der Waals surface area contributed by atoms with E-state index in [-0.39, 0.29) is 24.0 Å². The van der Waals surface area contributed by atoms with Crippen molar-refractivity contribution in [1.29, 1.82) is 0 Å². The number of guanidine groups is 1. The Morgan fingerprint density at radius 3 is 2.45 bits per heavy atom. The molecule has 6 nitrogen and oxygen atoms in total. The van der Waals surface area contributed by atoms with Crippen LogP contribution >= 0.6 is 35.3 Å². The first kappa shape index (κ1) is 18.9. The van der Waals surface area contributed by atoms with E-state index in [0.29, 0.717) is 13.1 Å². The molecule has 0 fully saturated rings. The largest absolute Gasteiger partial charge is 0.352 e. The van der Waals surface area contributed by atoms with Crippen LogP contribution in [0, 0.1) is 20.8 Å². The Kier molecular flexibility index (Phi) is 7.27. The van der Waals surface area contributed by atoms with Gasteiger partial charge < -0.3 is 10.6 Å². The van der Waals surface area contributed by atoms with Crippen LogP contribution in [-0.4, -0.2) is 27.8 Å². The summed E-state index contributed by atoms with van der Waals surface area (Å²) in [5.41, 5.74) is 3.44. The van der Waals surface area contributed by atoms with Gasteiger partial charge in [0.25, 0.3) is 0 Å². The number of thiazole rings is 1.